The van der Waals surface area contributed by atoms with Gasteiger partial charge in [-0.05, 0) is 41.8 Å². The molecule has 0 amide bonds. The Bertz CT molecular complexity index is 1120. The summed E-state index contributed by atoms with van der Waals surface area (Å²) in [7, 11) is -3.88. The zero-order valence-electron chi connectivity index (χ0n) is 16.9. The molecule has 0 atom stereocenters. The van der Waals surface area contributed by atoms with Crippen LogP contribution in [0.2, 0.25) is 0 Å². The minimum atomic E-state index is -3.88. The smallest absolute Gasteiger partial charge is 0.304 e. The van der Waals surface area contributed by atoms with Crippen molar-refractivity contribution in [1.29, 1.82) is 0 Å². The topological polar surface area (TPSA) is 144 Å². The van der Waals surface area contributed by atoms with Crippen LogP contribution in [0.3, 0.4) is 0 Å². The summed E-state index contributed by atoms with van der Waals surface area (Å²) >= 11 is 0. The van der Waals surface area contributed by atoms with Gasteiger partial charge < -0.3 is 5.11 Å². The lowest BCUT2D eigenvalue weighted by atomic mass is 9.99. The van der Waals surface area contributed by atoms with Crippen molar-refractivity contribution in [1.82, 2.24) is 4.72 Å². The van der Waals surface area contributed by atoms with Gasteiger partial charge in [0.05, 0.1) is 16.2 Å². The van der Waals surface area contributed by atoms with Gasteiger partial charge in [-0.15, -0.1) is 0 Å². The Balaban J connectivity index is 2.14. The number of aliphatic carboxylic acids is 1. The van der Waals surface area contributed by atoms with Crippen molar-refractivity contribution >= 4 is 33.5 Å². The van der Waals surface area contributed by atoms with E-state index in [9.17, 15) is 28.1 Å². The highest BCUT2D eigenvalue weighted by Gasteiger charge is 2.17. The lowest BCUT2D eigenvalue weighted by Gasteiger charge is -2.07. The quantitative estimate of drug-likeness (QED) is 0.246. The van der Waals surface area contributed by atoms with Gasteiger partial charge in [-0.1, -0.05) is 32.1 Å². The molecule has 0 heterocycles. The third-order valence-corrected chi connectivity index (χ3v) is 5.86. The first kappa shape index (κ1) is 23.9. The summed E-state index contributed by atoms with van der Waals surface area (Å²) in [6.07, 6.45) is 2.36. The maximum absolute atomic E-state index is 12.4. The van der Waals surface area contributed by atoms with E-state index in [1.807, 2.05) is 13.8 Å². The van der Waals surface area contributed by atoms with E-state index in [2.05, 4.69) is 4.72 Å². The number of carboxylic acids is 1. The fourth-order valence-corrected chi connectivity index (χ4v) is 3.78. The van der Waals surface area contributed by atoms with Gasteiger partial charge in [0, 0.05) is 23.7 Å². The molecule has 10 heteroatoms. The van der Waals surface area contributed by atoms with Crippen molar-refractivity contribution in [2.75, 3.05) is 6.54 Å². The van der Waals surface area contributed by atoms with E-state index in [-0.39, 0.29) is 35.0 Å². The maximum Gasteiger partial charge on any atom is 0.304 e. The molecule has 31 heavy (non-hydrogen) atoms. The van der Waals surface area contributed by atoms with E-state index in [1.165, 1.54) is 42.5 Å². The Kier molecular flexibility index (Phi) is 7.78. The Morgan fingerprint density at radius 3 is 2.35 bits per heavy atom. The van der Waals surface area contributed by atoms with Crippen molar-refractivity contribution in [3.63, 3.8) is 0 Å². The lowest BCUT2D eigenvalue weighted by molar-refractivity contribution is -0.385. The van der Waals surface area contributed by atoms with Crippen LogP contribution in [0, 0.1) is 10.1 Å². The Hall–Kier alpha value is -3.37. The van der Waals surface area contributed by atoms with E-state index >= 15 is 0 Å². The summed E-state index contributed by atoms with van der Waals surface area (Å²) in [5.74, 6) is -1.55. The molecule has 2 rings (SSSR count). The van der Waals surface area contributed by atoms with Gasteiger partial charge in [-0.2, -0.15) is 0 Å². The van der Waals surface area contributed by atoms with Crippen LogP contribution in [-0.4, -0.2) is 36.7 Å². The summed E-state index contributed by atoms with van der Waals surface area (Å²) in [6.45, 7) is 3.46. The summed E-state index contributed by atoms with van der Waals surface area (Å²) < 4.78 is 26.4. The predicted octanol–water partition coefficient (Wildman–Crippen LogP) is 3.37. The molecular formula is C21H22N2O7S. The van der Waals surface area contributed by atoms with Crippen LogP contribution in [0.5, 0.6) is 0 Å². The molecule has 164 valence electrons. The molecule has 2 aromatic rings. The van der Waals surface area contributed by atoms with Gasteiger partial charge in [0.15, 0.2) is 5.78 Å². The van der Waals surface area contributed by atoms with Crippen LogP contribution < -0.4 is 4.72 Å². The Morgan fingerprint density at radius 2 is 1.81 bits per heavy atom. The van der Waals surface area contributed by atoms with Gasteiger partial charge >= 0.3 is 5.97 Å². The normalized spacial score (nSPS) is 11.7. The van der Waals surface area contributed by atoms with Gasteiger partial charge in [0.1, 0.15) is 0 Å². The monoisotopic (exact) mass is 446 g/mol. The van der Waals surface area contributed by atoms with Gasteiger partial charge in [0.2, 0.25) is 10.0 Å². The first-order chi connectivity index (χ1) is 14.5. The molecule has 0 aliphatic carbocycles. The number of allylic oxidation sites excluding steroid dienone is 1. The van der Waals surface area contributed by atoms with E-state index in [0.29, 0.717) is 11.1 Å². The highest BCUT2D eigenvalue weighted by molar-refractivity contribution is 7.89. The second-order valence-electron chi connectivity index (χ2n) is 6.99. The molecular weight excluding hydrogens is 424 g/mol. The fourth-order valence-electron chi connectivity index (χ4n) is 2.75. The van der Waals surface area contributed by atoms with E-state index in [0.717, 1.165) is 0 Å². The van der Waals surface area contributed by atoms with Crippen LogP contribution in [0.1, 0.15) is 47.7 Å². The second kappa shape index (κ2) is 10.1. The number of nitrogens with zero attached hydrogens (tertiary/aromatic N) is 1. The van der Waals surface area contributed by atoms with Crippen LogP contribution in [0.15, 0.2) is 53.4 Å². The minimum absolute atomic E-state index is 0.0189. The van der Waals surface area contributed by atoms with E-state index < -0.39 is 26.7 Å². The number of sulfonamides is 1. The number of rotatable bonds is 10. The van der Waals surface area contributed by atoms with Crippen molar-refractivity contribution in [2.45, 2.75) is 31.1 Å². The molecule has 0 saturated heterocycles. The zero-order valence-corrected chi connectivity index (χ0v) is 17.8. The SMILES string of the molecule is CC(C)c1ccc(/C=C/C(=O)c2ccc(S(=O)(=O)NCCC(=O)O)cc2)cc1[N+](=O)[O-]. The van der Waals surface area contributed by atoms with Crippen molar-refractivity contribution < 1.29 is 28.0 Å². The molecule has 0 spiro atoms. The maximum atomic E-state index is 12.4. The third-order valence-electron chi connectivity index (χ3n) is 4.38. The molecule has 0 bridgehead atoms. The minimum Gasteiger partial charge on any atom is -0.481 e. The predicted molar refractivity (Wildman–Crippen MR) is 114 cm³/mol. The van der Waals surface area contributed by atoms with Crippen LogP contribution in [0.4, 0.5) is 5.69 Å². The van der Waals surface area contributed by atoms with Crippen molar-refractivity contribution in [3.05, 3.63) is 75.3 Å². The van der Waals surface area contributed by atoms with Crippen LogP contribution in [-0.2, 0) is 14.8 Å². The summed E-state index contributed by atoms with van der Waals surface area (Å²) in [6, 6.07) is 9.90. The molecule has 0 aliphatic rings. The highest BCUT2D eigenvalue weighted by atomic mass is 32.2. The molecule has 0 unspecified atom stereocenters. The molecule has 0 fully saturated rings. The number of carbonyl (C=O) groups excluding carboxylic acids is 1. The molecule has 0 aromatic heterocycles. The number of nitrogens with one attached hydrogen (secondary N) is 1. The van der Waals surface area contributed by atoms with E-state index in [4.69, 9.17) is 5.11 Å². The first-order valence-corrected chi connectivity index (χ1v) is 10.8. The van der Waals surface area contributed by atoms with Gasteiger partial charge in [0.25, 0.3) is 5.69 Å². The summed E-state index contributed by atoms with van der Waals surface area (Å²) in [5, 5.41) is 19.9. The van der Waals surface area contributed by atoms with Gasteiger partial charge in [-0.25, -0.2) is 13.1 Å². The van der Waals surface area contributed by atoms with Crippen LogP contribution in [0.25, 0.3) is 6.08 Å². The standard InChI is InChI=1S/C21H22N2O7S/c1-14(2)18-9-3-15(13-19(18)23(27)28)4-10-20(24)16-5-7-17(8-6-16)31(29,30)22-12-11-21(25)26/h3-10,13-14,22H,11-12H2,1-2H3,(H,25,26)/b10-4+. The Morgan fingerprint density at radius 1 is 1.16 bits per heavy atom. The summed E-state index contributed by atoms with van der Waals surface area (Å²) in [5.41, 5.74) is 1.30. The molecule has 9 nitrogen and oxygen atoms in total. The number of carboxylic acid groups (broad SMARTS) is 1. The number of nitro groups is 1. The fraction of sp³-hybridized carbons (Fsp3) is 0.238. The lowest BCUT2D eigenvalue weighted by Crippen LogP contribution is -2.26. The molecule has 0 aliphatic heterocycles. The highest BCUT2D eigenvalue weighted by Crippen LogP contribution is 2.27. The molecule has 2 N–H and O–H groups in total. The number of hydrogen-bond acceptors (Lipinski definition) is 6. The number of carbonyl (C=O) groups is 2. The molecule has 0 radical (unpaired) electrons. The van der Waals surface area contributed by atoms with Crippen molar-refractivity contribution in [3.8, 4) is 0 Å². The van der Waals surface area contributed by atoms with Crippen LogP contribution >= 0.6 is 0 Å². The largest absolute Gasteiger partial charge is 0.481 e. The second-order valence-corrected chi connectivity index (χ2v) is 8.76. The van der Waals surface area contributed by atoms with E-state index in [1.54, 1.807) is 12.1 Å². The third kappa shape index (κ3) is 6.56. The van der Waals surface area contributed by atoms with Gasteiger partial charge in [-0.3, -0.25) is 19.7 Å². The number of nitro benzene ring substituents is 1. The zero-order chi connectivity index (χ0) is 23.2. The molecule has 0 saturated carbocycles. The summed E-state index contributed by atoms with van der Waals surface area (Å²) in [4.78, 5) is 33.6. The Labute approximate surface area is 179 Å². The average molecular weight is 446 g/mol. The number of hydrogen-bond donors (Lipinski definition) is 2. The van der Waals surface area contributed by atoms with Crippen molar-refractivity contribution in [2.24, 2.45) is 0 Å². The molecule has 2 aromatic carbocycles. The number of ketones is 1. The average Bonchev–Trinajstić information content (AvgIpc) is 2.71. The number of benzene rings is 2. The first-order valence-electron chi connectivity index (χ1n) is 9.33.